The smallest absolute Gasteiger partial charge is 0.411 e. The number of anilines is 1. The molecule has 0 radical (unpaired) electrons. The Hall–Kier alpha value is -3.54. The van der Waals surface area contributed by atoms with E-state index >= 15 is 0 Å². The number of fused-ring (bicyclic) bond motifs is 1. The van der Waals surface area contributed by atoms with E-state index in [-0.39, 0.29) is 5.91 Å². The fraction of sp³-hybridized carbons (Fsp3) is 0.217. The molecule has 3 aromatic rings. The van der Waals surface area contributed by atoms with Crippen LogP contribution in [0.5, 0.6) is 5.75 Å². The van der Waals surface area contributed by atoms with Crippen LogP contribution in [0.2, 0.25) is 0 Å². The molecule has 3 aromatic carbocycles. The first-order chi connectivity index (χ1) is 14.0. The Morgan fingerprint density at radius 2 is 1.66 bits per heavy atom. The SMILES string of the molecule is CCOC(=O)Nc1ccc(C(=O)N(C)Cc2ccc3cc(OC)ccc3c2)cc1. The van der Waals surface area contributed by atoms with Crippen LogP contribution in [-0.4, -0.2) is 37.7 Å². The molecule has 29 heavy (non-hydrogen) atoms. The predicted octanol–water partition coefficient (Wildman–Crippen LogP) is 4.69. The Balaban J connectivity index is 1.67. The maximum atomic E-state index is 12.7. The normalized spacial score (nSPS) is 10.4. The van der Waals surface area contributed by atoms with Crippen LogP contribution in [0.3, 0.4) is 0 Å². The summed E-state index contributed by atoms with van der Waals surface area (Å²) in [6.07, 6.45) is -0.516. The first-order valence-corrected chi connectivity index (χ1v) is 9.36. The first kappa shape index (κ1) is 20.2. The van der Waals surface area contributed by atoms with Crippen molar-refractivity contribution in [2.45, 2.75) is 13.5 Å². The van der Waals surface area contributed by atoms with Gasteiger partial charge in [0.25, 0.3) is 5.91 Å². The summed E-state index contributed by atoms with van der Waals surface area (Å²) < 4.78 is 10.1. The third-order valence-corrected chi connectivity index (χ3v) is 4.53. The Labute approximate surface area is 170 Å². The fourth-order valence-corrected chi connectivity index (χ4v) is 3.05. The van der Waals surface area contributed by atoms with Crippen molar-refractivity contribution in [3.8, 4) is 5.75 Å². The number of carbonyl (C=O) groups is 2. The van der Waals surface area contributed by atoms with Crippen molar-refractivity contribution in [3.05, 3.63) is 71.8 Å². The molecule has 0 saturated heterocycles. The summed E-state index contributed by atoms with van der Waals surface area (Å²) in [5.41, 5.74) is 2.17. The number of nitrogens with zero attached hydrogens (tertiary/aromatic N) is 1. The molecule has 0 fully saturated rings. The van der Waals surface area contributed by atoms with Gasteiger partial charge in [0.2, 0.25) is 0 Å². The molecule has 0 saturated carbocycles. The lowest BCUT2D eigenvalue weighted by Crippen LogP contribution is -2.26. The van der Waals surface area contributed by atoms with Crippen LogP contribution in [-0.2, 0) is 11.3 Å². The molecule has 0 unspecified atom stereocenters. The minimum Gasteiger partial charge on any atom is -0.497 e. The van der Waals surface area contributed by atoms with Crippen LogP contribution in [0.15, 0.2) is 60.7 Å². The fourth-order valence-electron chi connectivity index (χ4n) is 3.05. The molecule has 0 atom stereocenters. The molecule has 3 rings (SSSR count). The molecule has 1 N–H and O–H groups in total. The lowest BCUT2D eigenvalue weighted by atomic mass is 10.1. The number of carbonyl (C=O) groups excluding carboxylic acids is 2. The summed E-state index contributed by atoms with van der Waals surface area (Å²) in [4.78, 5) is 25.9. The van der Waals surface area contributed by atoms with Crippen LogP contribution >= 0.6 is 0 Å². The van der Waals surface area contributed by atoms with Gasteiger partial charge in [-0.25, -0.2) is 4.79 Å². The quantitative estimate of drug-likeness (QED) is 0.661. The monoisotopic (exact) mass is 392 g/mol. The lowest BCUT2D eigenvalue weighted by molar-refractivity contribution is 0.0785. The molecule has 6 nitrogen and oxygen atoms in total. The standard InChI is InChI=1S/C23H24N2O4/c1-4-29-23(27)24-20-10-7-17(8-11-20)22(26)25(2)15-16-5-6-19-14-21(28-3)12-9-18(19)13-16/h5-14H,4,15H2,1-3H3,(H,24,27). The minimum atomic E-state index is -0.516. The van der Waals surface area contributed by atoms with E-state index in [0.717, 1.165) is 22.1 Å². The first-order valence-electron chi connectivity index (χ1n) is 9.36. The highest BCUT2D eigenvalue weighted by atomic mass is 16.5. The van der Waals surface area contributed by atoms with Gasteiger partial charge in [-0.2, -0.15) is 0 Å². The van der Waals surface area contributed by atoms with Gasteiger partial charge in [-0.3, -0.25) is 10.1 Å². The van der Waals surface area contributed by atoms with Gasteiger partial charge in [-0.15, -0.1) is 0 Å². The van der Waals surface area contributed by atoms with Crippen LogP contribution in [0.1, 0.15) is 22.8 Å². The molecule has 2 amide bonds. The highest BCUT2D eigenvalue weighted by Gasteiger charge is 2.13. The zero-order valence-corrected chi connectivity index (χ0v) is 16.8. The summed E-state index contributed by atoms with van der Waals surface area (Å²) in [6.45, 7) is 2.53. The van der Waals surface area contributed by atoms with Crippen LogP contribution < -0.4 is 10.1 Å². The summed E-state index contributed by atoms with van der Waals surface area (Å²) in [5.74, 6) is 0.723. The van der Waals surface area contributed by atoms with E-state index in [4.69, 9.17) is 9.47 Å². The van der Waals surface area contributed by atoms with Crippen molar-refractivity contribution in [3.63, 3.8) is 0 Å². The van der Waals surface area contributed by atoms with E-state index in [9.17, 15) is 9.59 Å². The second kappa shape index (κ2) is 9.10. The van der Waals surface area contributed by atoms with Gasteiger partial charge in [0.05, 0.1) is 13.7 Å². The molecule has 0 bridgehead atoms. The van der Waals surface area contributed by atoms with E-state index in [0.29, 0.717) is 24.4 Å². The van der Waals surface area contributed by atoms with Crippen molar-refractivity contribution < 1.29 is 19.1 Å². The van der Waals surface area contributed by atoms with E-state index in [1.54, 1.807) is 50.2 Å². The highest BCUT2D eigenvalue weighted by Crippen LogP contribution is 2.22. The maximum Gasteiger partial charge on any atom is 0.411 e. The topological polar surface area (TPSA) is 67.9 Å². The van der Waals surface area contributed by atoms with Gasteiger partial charge < -0.3 is 14.4 Å². The molecular weight excluding hydrogens is 368 g/mol. The van der Waals surface area contributed by atoms with Crippen molar-refractivity contribution in [1.82, 2.24) is 4.90 Å². The Kier molecular flexibility index (Phi) is 6.34. The molecule has 0 heterocycles. The van der Waals surface area contributed by atoms with Crippen LogP contribution in [0.4, 0.5) is 10.5 Å². The van der Waals surface area contributed by atoms with Crippen molar-refractivity contribution in [2.24, 2.45) is 0 Å². The molecule has 0 aliphatic heterocycles. The summed E-state index contributed by atoms with van der Waals surface area (Å²) in [5, 5.41) is 4.79. The number of methoxy groups -OCH3 is 1. The van der Waals surface area contributed by atoms with Gasteiger partial charge in [-0.05, 0) is 65.7 Å². The lowest BCUT2D eigenvalue weighted by Gasteiger charge is -2.18. The highest BCUT2D eigenvalue weighted by molar-refractivity contribution is 5.95. The third-order valence-electron chi connectivity index (χ3n) is 4.53. The number of benzene rings is 3. The van der Waals surface area contributed by atoms with Gasteiger partial charge in [-0.1, -0.05) is 18.2 Å². The summed E-state index contributed by atoms with van der Waals surface area (Å²) in [6, 6.07) is 18.8. The number of ether oxygens (including phenoxy) is 2. The van der Waals surface area contributed by atoms with E-state index in [1.165, 1.54) is 0 Å². The molecule has 0 aromatic heterocycles. The van der Waals surface area contributed by atoms with Crippen molar-refractivity contribution >= 4 is 28.5 Å². The van der Waals surface area contributed by atoms with Gasteiger partial charge in [0.15, 0.2) is 0 Å². The zero-order chi connectivity index (χ0) is 20.8. The van der Waals surface area contributed by atoms with Crippen molar-refractivity contribution in [1.29, 1.82) is 0 Å². The average Bonchev–Trinajstić information content (AvgIpc) is 2.73. The van der Waals surface area contributed by atoms with Crippen LogP contribution in [0.25, 0.3) is 10.8 Å². The summed E-state index contributed by atoms with van der Waals surface area (Å²) >= 11 is 0. The molecule has 6 heteroatoms. The van der Waals surface area contributed by atoms with Gasteiger partial charge in [0.1, 0.15) is 5.75 Å². The Morgan fingerprint density at radius 1 is 0.966 bits per heavy atom. The largest absolute Gasteiger partial charge is 0.497 e. The summed E-state index contributed by atoms with van der Waals surface area (Å²) in [7, 11) is 3.42. The Morgan fingerprint density at radius 3 is 2.34 bits per heavy atom. The van der Waals surface area contributed by atoms with E-state index < -0.39 is 6.09 Å². The molecule has 150 valence electrons. The van der Waals surface area contributed by atoms with E-state index in [1.807, 2.05) is 30.3 Å². The maximum absolute atomic E-state index is 12.7. The van der Waals surface area contributed by atoms with Crippen molar-refractivity contribution in [2.75, 3.05) is 26.1 Å². The minimum absolute atomic E-state index is 0.0949. The number of hydrogen-bond acceptors (Lipinski definition) is 4. The number of rotatable bonds is 6. The van der Waals surface area contributed by atoms with E-state index in [2.05, 4.69) is 11.4 Å². The second-order valence-electron chi connectivity index (χ2n) is 6.63. The molecule has 0 aliphatic rings. The predicted molar refractivity (Wildman–Crippen MR) is 113 cm³/mol. The van der Waals surface area contributed by atoms with Crippen LogP contribution in [0, 0.1) is 0 Å². The number of hydrogen-bond donors (Lipinski definition) is 1. The third kappa shape index (κ3) is 5.04. The molecule has 0 spiro atoms. The average molecular weight is 392 g/mol. The number of nitrogens with one attached hydrogen (secondary N) is 1. The van der Waals surface area contributed by atoms with Gasteiger partial charge >= 0.3 is 6.09 Å². The zero-order valence-electron chi connectivity index (χ0n) is 16.8. The van der Waals surface area contributed by atoms with Gasteiger partial charge in [0, 0.05) is 24.8 Å². The second-order valence-corrected chi connectivity index (χ2v) is 6.63. The molecular formula is C23H24N2O4. The Bertz CT molecular complexity index is 1020. The number of amides is 2. The molecule has 0 aliphatic carbocycles.